The molecule has 21 heavy (non-hydrogen) atoms. The van der Waals surface area contributed by atoms with E-state index in [2.05, 4.69) is 15.5 Å². The van der Waals surface area contributed by atoms with Crippen molar-refractivity contribution in [1.82, 2.24) is 15.5 Å². The van der Waals surface area contributed by atoms with E-state index in [9.17, 15) is 13.2 Å². The Morgan fingerprint density at radius 2 is 1.67 bits per heavy atom. The highest BCUT2D eigenvalue weighted by molar-refractivity contribution is 7.14. The van der Waals surface area contributed by atoms with Gasteiger partial charge >= 0.3 is 6.18 Å². The van der Waals surface area contributed by atoms with E-state index in [1.54, 1.807) is 0 Å². The first-order valence-electron chi connectivity index (χ1n) is 6.40. The average molecular weight is 315 g/mol. The number of nitrogens with zero attached hydrogens (tertiary/aromatic N) is 2. The predicted molar refractivity (Wildman–Crippen MR) is 76.9 cm³/mol. The Labute approximate surface area is 125 Å². The Morgan fingerprint density at radius 3 is 2.19 bits per heavy atom. The first kappa shape index (κ1) is 15.9. The molecule has 1 N–H and O–H groups in total. The second-order valence-corrected chi connectivity index (χ2v) is 6.74. The van der Waals surface area contributed by atoms with Crippen LogP contribution in [0.25, 0.3) is 10.6 Å². The summed E-state index contributed by atoms with van der Waals surface area (Å²) in [4.78, 5) is 0. The molecule has 2 aromatic rings. The van der Waals surface area contributed by atoms with Gasteiger partial charge < -0.3 is 5.32 Å². The van der Waals surface area contributed by atoms with Crippen LogP contribution >= 0.6 is 11.3 Å². The molecule has 0 fully saturated rings. The molecule has 1 heterocycles. The molecule has 0 amide bonds. The van der Waals surface area contributed by atoms with Crippen LogP contribution in [0.2, 0.25) is 0 Å². The Bertz CT molecular complexity index is 597. The summed E-state index contributed by atoms with van der Waals surface area (Å²) in [5.41, 5.74) is -0.0481. The quantitative estimate of drug-likeness (QED) is 0.926. The van der Waals surface area contributed by atoms with Gasteiger partial charge in [-0.15, -0.1) is 10.2 Å². The van der Waals surface area contributed by atoms with E-state index < -0.39 is 11.7 Å². The van der Waals surface area contributed by atoms with Crippen molar-refractivity contribution in [3.63, 3.8) is 0 Å². The van der Waals surface area contributed by atoms with Crippen LogP contribution in [-0.4, -0.2) is 15.7 Å². The van der Waals surface area contributed by atoms with Gasteiger partial charge in [-0.2, -0.15) is 13.2 Å². The van der Waals surface area contributed by atoms with E-state index in [1.807, 2.05) is 20.8 Å². The molecule has 0 spiro atoms. The van der Waals surface area contributed by atoms with Crippen LogP contribution < -0.4 is 5.32 Å². The van der Waals surface area contributed by atoms with Gasteiger partial charge in [0, 0.05) is 11.1 Å². The average Bonchev–Trinajstić information content (AvgIpc) is 2.83. The van der Waals surface area contributed by atoms with Gasteiger partial charge in [0.2, 0.25) is 0 Å². The van der Waals surface area contributed by atoms with Crippen LogP contribution in [0.3, 0.4) is 0 Å². The summed E-state index contributed by atoms with van der Waals surface area (Å²) in [6.45, 7) is 6.72. The van der Waals surface area contributed by atoms with Crippen LogP contribution in [0.4, 0.5) is 13.2 Å². The van der Waals surface area contributed by atoms with Gasteiger partial charge in [-0.25, -0.2) is 0 Å². The summed E-state index contributed by atoms with van der Waals surface area (Å²) in [6, 6.07) is 4.96. The first-order valence-corrected chi connectivity index (χ1v) is 7.22. The number of aromatic nitrogens is 2. The lowest BCUT2D eigenvalue weighted by atomic mass is 10.1. The summed E-state index contributed by atoms with van der Waals surface area (Å²) in [5.74, 6) is 0. The molecule has 0 bridgehead atoms. The molecule has 1 aromatic carbocycles. The van der Waals surface area contributed by atoms with Gasteiger partial charge in [-0.1, -0.05) is 23.5 Å². The molecule has 0 aliphatic heterocycles. The van der Waals surface area contributed by atoms with E-state index in [-0.39, 0.29) is 5.54 Å². The van der Waals surface area contributed by atoms with Crippen molar-refractivity contribution in [2.45, 2.75) is 39.0 Å². The van der Waals surface area contributed by atoms with Crippen molar-refractivity contribution in [3.8, 4) is 10.6 Å². The van der Waals surface area contributed by atoms with Crippen LogP contribution in [0.15, 0.2) is 24.3 Å². The zero-order chi connectivity index (χ0) is 15.7. The molecule has 114 valence electrons. The van der Waals surface area contributed by atoms with E-state index in [1.165, 1.54) is 23.5 Å². The Morgan fingerprint density at radius 1 is 1.05 bits per heavy atom. The molecule has 0 atom stereocenters. The summed E-state index contributed by atoms with van der Waals surface area (Å²) in [6.07, 6.45) is -4.32. The lowest BCUT2D eigenvalue weighted by Gasteiger charge is -2.19. The van der Waals surface area contributed by atoms with Crippen LogP contribution in [0.1, 0.15) is 31.3 Å². The Balaban J connectivity index is 2.11. The molecule has 0 unspecified atom stereocenters. The standard InChI is InChI=1S/C14H16F3N3S/c1-13(2,3)18-8-11-19-20-12(21-11)9-4-6-10(7-5-9)14(15,16)17/h4-7,18H,8H2,1-3H3. The number of rotatable bonds is 3. The topological polar surface area (TPSA) is 37.8 Å². The fraction of sp³-hybridized carbons (Fsp3) is 0.429. The smallest absolute Gasteiger partial charge is 0.306 e. The summed E-state index contributed by atoms with van der Waals surface area (Å²) in [5, 5.41) is 12.8. The van der Waals surface area contributed by atoms with Crippen molar-refractivity contribution in [2.24, 2.45) is 0 Å². The third-order valence-electron chi connectivity index (χ3n) is 2.70. The largest absolute Gasteiger partial charge is 0.416 e. The molecule has 1 aromatic heterocycles. The summed E-state index contributed by atoms with van der Waals surface area (Å²) >= 11 is 1.37. The Kier molecular flexibility index (Phi) is 4.34. The third-order valence-corrected chi connectivity index (χ3v) is 3.67. The van der Waals surface area contributed by atoms with Gasteiger partial charge in [0.15, 0.2) is 0 Å². The first-order chi connectivity index (χ1) is 9.65. The van der Waals surface area contributed by atoms with E-state index in [0.717, 1.165) is 17.1 Å². The number of halogens is 3. The molecule has 3 nitrogen and oxygen atoms in total. The van der Waals surface area contributed by atoms with E-state index in [0.29, 0.717) is 17.1 Å². The van der Waals surface area contributed by atoms with E-state index >= 15 is 0 Å². The highest BCUT2D eigenvalue weighted by Gasteiger charge is 2.30. The number of hydrogen-bond donors (Lipinski definition) is 1. The molecule has 0 radical (unpaired) electrons. The van der Waals surface area contributed by atoms with Gasteiger partial charge in [-0.05, 0) is 32.9 Å². The Hall–Kier alpha value is -1.47. The second-order valence-electron chi connectivity index (χ2n) is 5.68. The van der Waals surface area contributed by atoms with E-state index in [4.69, 9.17) is 0 Å². The third kappa shape index (κ3) is 4.50. The van der Waals surface area contributed by atoms with Gasteiger partial charge in [0.25, 0.3) is 0 Å². The lowest BCUT2D eigenvalue weighted by molar-refractivity contribution is -0.137. The number of benzene rings is 1. The zero-order valence-corrected chi connectivity index (χ0v) is 12.8. The number of alkyl halides is 3. The molecule has 0 saturated carbocycles. The maximum Gasteiger partial charge on any atom is 0.416 e. The van der Waals surface area contributed by atoms with Crippen molar-refractivity contribution in [3.05, 3.63) is 34.8 Å². The van der Waals surface area contributed by atoms with Gasteiger partial charge in [0.05, 0.1) is 12.1 Å². The number of hydrogen-bond acceptors (Lipinski definition) is 4. The van der Waals surface area contributed by atoms with Crippen molar-refractivity contribution in [1.29, 1.82) is 0 Å². The van der Waals surface area contributed by atoms with Gasteiger partial charge in [0.1, 0.15) is 10.0 Å². The fourth-order valence-corrected chi connectivity index (χ4v) is 2.37. The minimum atomic E-state index is -4.32. The fourth-order valence-electron chi connectivity index (χ4n) is 1.58. The molecule has 0 aliphatic carbocycles. The maximum atomic E-state index is 12.5. The van der Waals surface area contributed by atoms with Crippen molar-refractivity contribution >= 4 is 11.3 Å². The van der Waals surface area contributed by atoms with Crippen molar-refractivity contribution in [2.75, 3.05) is 0 Å². The normalized spacial score (nSPS) is 12.7. The monoisotopic (exact) mass is 315 g/mol. The second kappa shape index (κ2) is 5.73. The number of nitrogens with one attached hydrogen (secondary N) is 1. The highest BCUT2D eigenvalue weighted by atomic mass is 32.1. The molecule has 7 heteroatoms. The molecular formula is C14H16F3N3S. The maximum absolute atomic E-state index is 12.5. The minimum Gasteiger partial charge on any atom is -0.306 e. The van der Waals surface area contributed by atoms with Crippen molar-refractivity contribution < 1.29 is 13.2 Å². The van der Waals surface area contributed by atoms with Gasteiger partial charge in [-0.3, -0.25) is 0 Å². The summed E-state index contributed by atoms with van der Waals surface area (Å²) in [7, 11) is 0. The molecular weight excluding hydrogens is 299 g/mol. The SMILES string of the molecule is CC(C)(C)NCc1nnc(-c2ccc(C(F)(F)F)cc2)s1. The molecule has 0 aliphatic rings. The minimum absolute atomic E-state index is 0.0276. The molecule has 0 saturated heterocycles. The van der Waals surface area contributed by atoms with Crippen LogP contribution in [0.5, 0.6) is 0 Å². The molecule has 2 rings (SSSR count). The van der Waals surface area contributed by atoms with Crippen LogP contribution in [0, 0.1) is 0 Å². The lowest BCUT2D eigenvalue weighted by Crippen LogP contribution is -2.35. The summed E-state index contributed by atoms with van der Waals surface area (Å²) < 4.78 is 37.5. The van der Waals surface area contributed by atoms with Crippen LogP contribution in [-0.2, 0) is 12.7 Å². The highest BCUT2D eigenvalue weighted by Crippen LogP contribution is 2.31. The zero-order valence-electron chi connectivity index (χ0n) is 12.0. The predicted octanol–water partition coefficient (Wildman–Crippen LogP) is 4.11.